The number of esters is 1. The molecule has 1 aromatic heterocycles. The molecule has 0 fully saturated rings. The van der Waals surface area contributed by atoms with E-state index in [0.29, 0.717) is 16.6 Å². The van der Waals surface area contributed by atoms with Gasteiger partial charge in [0, 0.05) is 17.1 Å². The van der Waals surface area contributed by atoms with Crippen LogP contribution in [0.2, 0.25) is 0 Å². The lowest BCUT2D eigenvalue weighted by Crippen LogP contribution is -2.15. The normalized spacial score (nSPS) is 11.7. The summed E-state index contributed by atoms with van der Waals surface area (Å²) in [5.74, 6) is -0.616. The molecule has 0 amide bonds. The summed E-state index contributed by atoms with van der Waals surface area (Å²) in [4.78, 5) is 12.1. The van der Waals surface area contributed by atoms with Crippen molar-refractivity contribution in [2.45, 2.75) is 24.8 Å². The van der Waals surface area contributed by atoms with Gasteiger partial charge in [0.2, 0.25) is 0 Å². The fourth-order valence-electron chi connectivity index (χ4n) is 2.69. The minimum Gasteiger partial charge on any atom is -0.465 e. The van der Waals surface area contributed by atoms with Crippen LogP contribution >= 0.6 is 0 Å². The maximum Gasteiger partial charge on any atom is 0.338 e. The molecule has 3 aromatic rings. The number of carbonyl (C=O) groups is 1. The van der Waals surface area contributed by atoms with Crippen molar-refractivity contribution < 1.29 is 17.9 Å². The summed E-state index contributed by atoms with van der Waals surface area (Å²) in [5.41, 5.74) is 1.14. The summed E-state index contributed by atoms with van der Waals surface area (Å²) in [6, 6.07) is 11.4. The number of nitrogens with zero attached hydrogens (tertiary/aromatic N) is 2. The number of hydrogen-bond donors (Lipinski definition) is 1. The second-order valence-corrected chi connectivity index (χ2v) is 7.73. The molecule has 0 saturated heterocycles. The molecule has 8 heteroatoms. The highest BCUT2D eigenvalue weighted by Gasteiger charge is 2.22. The van der Waals surface area contributed by atoms with Gasteiger partial charge in [-0.1, -0.05) is 18.2 Å². The molecule has 3 rings (SSSR count). The van der Waals surface area contributed by atoms with Crippen molar-refractivity contribution in [3.05, 3.63) is 54.2 Å². The van der Waals surface area contributed by atoms with E-state index >= 15 is 0 Å². The number of rotatable bonds is 5. The van der Waals surface area contributed by atoms with Crippen molar-refractivity contribution in [2.24, 2.45) is 0 Å². The Labute approximate surface area is 151 Å². The first-order chi connectivity index (χ1) is 12.3. The first kappa shape index (κ1) is 17.9. The van der Waals surface area contributed by atoms with E-state index in [0.717, 1.165) is 0 Å². The Kier molecular flexibility index (Phi) is 4.69. The van der Waals surface area contributed by atoms with E-state index in [4.69, 9.17) is 4.74 Å². The van der Waals surface area contributed by atoms with Crippen LogP contribution < -0.4 is 4.72 Å². The maximum absolute atomic E-state index is 12.8. The number of sulfonamides is 1. The molecule has 0 aliphatic heterocycles. The second kappa shape index (κ2) is 6.80. The number of ether oxygens (including phenoxy) is 1. The molecule has 2 aromatic carbocycles. The highest BCUT2D eigenvalue weighted by molar-refractivity contribution is 7.92. The van der Waals surface area contributed by atoms with Crippen molar-refractivity contribution in [1.29, 1.82) is 0 Å². The molecule has 0 bridgehead atoms. The summed E-state index contributed by atoms with van der Waals surface area (Å²) < 4.78 is 34.6. The topological polar surface area (TPSA) is 90.3 Å². The van der Waals surface area contributed by atoms with Crippen LogP contribution in [0.4, 0.5) is 5.69 Å². The van der Waals surface area contributed by atoms with Gasteiger partial charge in [0.15, 0.2) is 0 Å². The molecule has 26 heavy (non-hydrogen) atoms. The highest BCUT2D eigenvalue weighted by Crippen LogP contribution is 2.27. The second-order valence-electron chi connectivity index (χ2n) is 6.05. The molecule has 136 valence electrons. The van der Waals surface area contributed by atoms with Crippen molar-refractivity contribution in [3.8, 4) is 0 Å². The Morgan fingerprint density at radius 1 is 1.19 bits per heavy atom. The summed E-state index contributed by atoms with van der Waals surface area (Å²) in [6.45, 7) is 3.85. The van der Waals surface area contributed by atoms with E-state index in [1.165, 1.54) is 19.2 Å². The van der Waals surface area contributed by atoms with Crippen LogP contribution in [-0.2, 0) is 14.8 Å². The Bertz CT molecular complexity index is 1060. The van der Waals surface area contributed by atoms with E-state index in [2.05, 4.69) is 9.82 Å². The summed E-state index contributed by atoms with van der Waals surface area (Å²) in [5, 5.41) is 4.82. The molecule has 0 unspecified atom stereocenters. The van der Waals surface area contributed by atoms with Gasteiger partial charge in [0.25, 0.3) is 10.0 Å². The SMILES string of the molecule is COC(=O)c1cc(S(=O)(=O)Nc2ccccc2)cc2c1cnn2C(C)C. The molecule has 0 spiro atoms. The Morgan fingerprint density at radius 2 is 1.88 bits per heavy atom. The minimum atomic E-state index is -3.89. The Balaban J connectivity index is 2.19. The number of carbonyl (C=O) groups excluding carboxylic acids is 1. The van der Waals surface area contributed by atoms with Gasteiger partial charge in [0.05, 0.1) is 29.3 Å². The van der Waals surface area contributed by atoms with E-state index in [1.807, 2.05) is 13.8 Å². The molecular formula is C18H19N3O4S. The molecule has 0 saturated carbocycles. The number of benzene rings is 2. The monoisotopic (exact) mass is 373 g/mol. The van der Waals surface area contributed by atoms with Crippen LogP contribution in [0.1, 0.15) is 30.2 Å². The molecule has 0 aliphatic rings. The van der Waals surface area contributed by atoms with Crippen molar-refractivity contribution >= 4 is 32.6 Å². The van der Waals surface area contributed by atoms with Gasteiger partial charge in [0.1, 0.15) is 0 Å². The molecule has 0 aliphatic carbocycles. The maximum atomic E-state index is 12.8. The highest BCUT2D eigenvalue weighted by atomic mass is 32.2. The number of nitrogens with one attached hydrogen (secondary N) is 1. The zero-order valence-corrected chi connectivity index (χ0v) is 15.4. The predicted octanol–water partition coefficient (Wildman–Crippen LogP) is 3.20. The number of fused-ring (bicyclic) bond motifs is 1. The number of aromatic nitrogens is 2. The number of para-hydroxylation sites is 1. The molecule has 1 heterocycles. The minimum absolute atomic E-state index is 0.00182. The fraction of sp³-hybridized carbons (Fsp3) is 0.222. The van der Waals surface area contributed by atoms with E-state index in [-0.39, 0.29) is 16.5 Å². The molecule has 0 radical (unpaired) electrons. The van der Waals surface area contributed by atoms with Crippen LogP contribution in [0, 0.1) is 0 Å². The Hall–Kier alpha value is -2.87. The van der Waals surface area contributed by atoms with Gasteiger partial charge in [-0.25, -0.2) is 13.2 Å². The van der Waals surface area contributed by atoms with Gasteiger partial charge < -0.3 is 4.74 Å². The van der Waals surface area contributed by atoms with Crippen LogP contribution in [0.15, 0.2) is 53.6 Å². The average molecular weight is 373 g/mol. The third kappa shape index (κ3) is 3.28. The van der Waals surface area contributed by atoms with Crippen LogP contribution in [0.25, 0.3) is 10.9 Å². The Morgan fingerprint density at radius 3 is 2.50 bits per heavy atom. The quantitative estimate of drug-likeness (QED) is 0.694. The van der Waals surface area contributed by atoms with Gasteiger partial charge in [-0.2, -0.15) is 5.10 Å². The van der Waals surface area contributed by atoms with Gasteiger partial charge in [-0.05, 0) is 38.1 Å². The first-order valence-corrected chi connectivity index (χ1v) is 9.49. The number of methoxy groups -OCH3 is 1. The van der Waals surface area contributed by atoms with Gasteiger partial charge in [-0.3, -0.25) is 9.40 Å². The van der Waals surface area contributed by atoms with Gasteiger partial charge in [-0.15, -0.1) is 0 Å². The molecule has 1 N–H and O–H groups in total. The predicted molar refractivity (Wildman–Crippen MR) is 98.7 cm³/mol. The fourth-order valence-corrected chi connectivity index (χ4v) is 3.79. The smallest absolute Gasteiger partial charge is 0.338 e. The standard InChI is InChI=1S/C18H19N3O4S/c1-12(2)21-17-10-14(9-15(18(22)25-3)16(17)11-19-21)26(23,24)20-13-7-5-4-6-8-13/h4-12,20H,1-3H3. The molecular weight excluding hydrogens is 354 g/mol. The van der Waals surface area contributed by atoms with Crippen LogP contribution in [0.3, 0.4) is 0 Å². The lowest BCUT2D eigenvalue weighted by atomic mass is 10.1. The number of anilines is 1. The largest absolute Gasteiger partial charge is 0.465 e. The van der Waals surface area contributed by atoms with Crippen molar-refractivity contribution in [3.63, 3.8) is 0 Å². The third-order valence-corrected chi connectivity index (χ3v) is 5.28. The van der Waals surface area contributed by atoms with E-state index in [1.54, 1.807) is 41.2 Å². The summed E-state index contributed by atoms with van der Waals surface area (Å²) in [7, 11) is -2.63. The number of hydrogen-bond acceptors (Lipinski definition) is 5. The molecule has 0 atom stereocenters. The zero-order chi connectivity index (χ0) is 18.9. The summed E-state index contributed by atoms with van der Waals surface area (Å²) in [6.07, 6.45) is 1.54. The lowest BCUT2D eigenvalue weighted by Gasteiger charge is -2.12. The summed E-state index contributed by atoms with van der Waals surface area (Å²) >= 11 is 0. The third-order valence-electron chi connectivity index (χ3n) is 3.92. The van der Waals surface area contributed by atoms with E-state index < -0.39 is 16.0 Å². The van der Waals surface area contributed by atoms with Crippen molar-refractivity contribution in [1.82, 2.24) is 9.78 Å². The van der Waals surface area contributed by atoms with Gasteiger partial charge >= 0.3 is 5.97 Å². The first-order valence-electron chi connectivity index (χ1n) is 8.01. The van der Waals surface area contributed by atoms with Crippen LogP contribution in [-0.4, -0.2) is 31.3 Å². The van der Waals surface area contributed by atoms with Crippen molar-refractivity contribution in [2.75, 3.05) is 11.8 Å². The zero-order valence-electron chi connectivity index (χ0n) is 14.6. The molecule has 7 nitrogen and oxygen atoms in total. The lowest BCUT2D eigenvalue weighted by molar-refractivity contribution is 0.0602. The van der Waals surface area contributed by atoms with Crippen LogP contribution in [0.5, 0.6) is 0 Å². The van der Waals surface area contributed by atoms with E-state index in [9.17, 15) is 13.2 Å². The average Bonchev–Trinajstić information content (AvgIpc) is 3.05.